The van der Waals surface area contributed by atoms with Gasteiger partial charge in [0.2, 0.25) is 0 Å². The first kappa shape index (κ1) is 7.88. The van der Waals surface area contributed by atoms with Gasteiger partial charge in [-0.25, -0.2) is 17.2 Å². The van der Waals surface area contributed by atoms with Crippen molar-refractivity contribution in [2.45, 2.75) is 0 Å². The molecule has 1 aliphatic heterocycles. The van der Waals surface area contributed by atoms with Crippen LogP contribution < -0.4 is 5.46 Å². The van der Waals surface area contributed by atoms with Crippen molar-refractivity contribution < 1.29 is 0 Å². The molecule has 0 radical (unpaired) electrons. The zero-order valence-electron chi connectivity index (χ0n) is 7.22. The molecule has 1 aromatic rings. The van der Waals surface area contributed by atoms with Gasteiger partial charge in [0.25, 0.3) is 0 Å². The summed E-state index contributed by atoms with van der Waals surface area (Å²) in [6.07, 6.45) is 2.67. The van der Waals surface area contributed by atoms with E-state index in [-0.39, 0.29) is 0 Å². The normalized spacial score (nSPS) is 17.2. The van der Waals surface area contributed by atoms with Gasteiger partial charge in [0.15, 0.2) is 6.15 Å². The number of allylic oxidation sites excluding steroid dienone is 2. The molecule has 0 aliphatic carbocycles. The van der Waals surface area contributed by atoms with Crippen molar-refractivity contribution in [3.8, 4) is 5.97 Å². The Hall–Kier alpha value is -1.75. The average molecular weight is 166 g/mol. The second-order valence-corrected chi connectivity index (χ2v) is 3.31. The van der Waals surface area contributed by atoms with Crippen molar-refractivity contribution in [3.05, 3.63) is 54.4 Å². The highest BCUT2D eigenvalue weighted by Gasteiger charge is 2.20. The van der Waals surface area contributed by atoms with Crippen molar-refractivity contribution in [2.24, 2.45) is 0 Å². The van der Waals surface area contributed by atoms with Crippen molar-refractivity contribution in [2.75, 3.05) is 0 Å². The van der Waals surface area contributed by atoms with Crippen LogP contribution in [-0.2, 0) is 0 Å². The van der Waals surface area contributed by atoms with Gasteiger partial charge in [-0.05, 0) is 0 Å². The molecule has 2 rings (SSSR count). The lowest BCUT2D eigenvalue weighted by Crippen LogP contribution is -2.42. The number of nitriles is 1. The highest BCUT2D eigenvalue weighted by Crippen LogP contribution is 2.12. The van der Waals surface area contributed by atoms with E-state index in [1.165, 1.54) is 0 Å². The molecular formula is C11H9BN-. The summed E-state index contributed by atoms with van der Waals surface area (Å²) >= 11 is 0. The molecule has 0 aromatic heterocycles. The average Bonchev–Trinajstić information content (AvgIpc) is 2.69. The van der Waals surface area contributed by atoms with E-state index in [0.29, 0.717) is 0 Å². The Morgan fingerprint density at radius 1 is 1.00 bits per heavy atom. The fraction of sp³-hybridized carbons (Fsp3) is 0. The van der Waals surface area contributed by atoms with E-state index in [0.717, 1.165) is 5.46 Å². The minimum atomic E-state index is -1.21. The Bertz CT molecular complexity index is 386. The number of benzene rings is 1. The molecule has 62 valence electrons. The third-order valence-corrected chi connectivity index (χ3v) is 2.51. The van der Waals surface area contributed by atoms with Gasteiger partial charge in [-0.1, -0.05) is 30.3 Å². The Labute approximate surface area is 77.9 Å². The van der Waals surface area contributed by atoms with Gasteiger partial charge in [0.1, 0.15) is 0 Å². The Morgan fingerprint density at radius 2 is 1.62 bits per heavy atom. The lowest BCUT2D eigenvalue weighted by Gasteiger charge is -2.23. The summed E-state index contributed by atoms with van der Waals surface area (Å²) in [5, 5.41) is 9.15. The number of hydrogen-bond donors (Lipinski definition) is 0. The van der Waals surface area contributed by atoms with Crippen LogP contribution in [0.15, 0.2) is 54.4 Å². The summed E-state index contributed by atoms with van der Waals surface area (Å²) in [6.45, 7) is 0. The molecule has 1 aromatic carbocycles. The van der Waals surface area contributed by atoms with Crippen LogP contribution in [0.4, 0.5) is 0 Å². The highest BCUT2D eigenvalue weighted by atomic mass is 14.2. The third kappa shape index (κ3) is 1.19. The SMILES string of the molecule is N#C[B-]1(c2ccccc2)C=CC=C1. The van der Waals surface area contributed by atoms with E-state index in [1.807, 2.05) is 54.4 Å². The third-order valence-electron chi connectivity index (χ3n) is 2.51. The van der Waals surface area contributed by atoms with Crippen LogP contribution in [0.2, 0.25) is 0 Å². The van der Waals surface area contributed by atoms with Gasteiger partial charge in [-0.3, -0.25) is 0 Å². The first-order chi connectivity index (χ1) is 6.37. The van der Waals surface area contributed by atoms with Gasteiger partial charge in [-0.15, -0.1) is 18.1 Å². The minimum Gasteiger partial charge on any atom is -0.249 e. The maximum absolute atomic E-state index is 9.15. The predicted molar refractivity (Wildman–Crippen MR) is 55.7 cm³/mol. The molecular weight excluding hydrogens is 157 g/mol. The predicted octanol–water partition coefficient (Wildman–Crippen LogP) is 1.61. The van der Waals surface area contributed by atoms with Crippen LogP contribution in [0.25, 0.3) is 0 Å². The second kappa shape index (κ2) is 2.95. The standard InChI is InChI=1S/C11H9BN/c13-10-12(8-4-5-9-12)11-6-2-1-3-7-11/h1-9H/q-1. The lowest BCUT2D eigenvalue weighted by atomic mass is 9.24. The summed E-state index contributed by atoms with van der Waals surface area (Å²) in [7, 11) is 0. The first-order valence-corrected chi connectivity index (χ1v) is 4.38. The Balaban J connectivity index is 2.52. The molecule has 1 heterocycles. The molecule has 0 saturated heterocycles. The van der Waals surface area contributed by atoms with Crippen molar-refractivity contribution in [3.63, 3.8) is 0 Å². The van der Waals surface area contributed by atoms with E-state index >= 15 is 0 Å². The zero-order valence-corrected chi connectivity index (χ0v) is 7.22. The number of hydrogen-bond acceptors (Lipinski definition) is 1. The monoisotopic (exact) mass is 166 g/mol. The van der Waals surface area contributed by atoms with E-state index in [2.05, 4.69) is 5.97 Å². The maximum Gasteiger partial charge on any atom is 0.169 e. The summed E-state index contributed by atoms with van der Waals surface area (Å²) < 4.78 is 0. The molecule has 0 bridgehead atoms. The zero-order chi connectivity index (χ0) is 9.15. The van der Waals surface area contributed by atoms with Crippen LogP contribution in [0.5, 0.6) is 0 Å². The molecule has 0 atom stereocenters. The Kier molecular flexibility index (Phi) is 1.79. The fourth-order valence-corrected chi connectivity index (χ4v) is 1.70. The van der Waals surface area contributed by atoms with Crippen LogP contribution >= 0.6 is 0 Å². The maximum atomic E-state index is 9.15. The Morgan fingerprint density at radius 3 is 2.15 bits per heavy atom. The number of nitrogens with zero attached hydrogens (tertiary/aromatic N) is 1. The molecule has 0 fully saturated rings. The molecule has 0 amide bonds. The van der Waals surface area contributed by atoms with Crippen molar-refractivity contribution >= 4 is 11.6 Å². The quantitative estimate of drug-likeness (QED) is 0.581. The molecule has 0 unspecified atom stereocenters. The van der Waals surface area contributed by atoms with E-state index < -0.39 is 6.15 Å². The summed E-state index contributed by atoms with van der Waals surface area (Å²) in [5.41, 5.74) is 1.09. The van der Waals surface area contributed by atoms with E-state index in [9.17, 15) is 0 Å². The molecule has 1 nitrogen and oxygen atoms in total. The van der Waals surface area contributed by atoms with Crippen LogP contribution in [0, 0.1) is 11.2 Å². The minimum absolute atomic E-state index is 1.09. The van der Waals surface area contributed by atoms with Gasteiger partial charge in [0.05, 0.1) is 0 Å². The smallest absolute Gasteiger partial charge is 0.169 e. The van der Waals surface area contributed by atoms with Gasteiger partial charge >= 0.3 is 0 Å². The summed E-state index contributed by atoms with van der Waals surface area (Å²) in [5.74, 6) is 6.35. The molecule has 2 heteroatoms. The van der Waals surface area contributed by atoms with E-state index in [1.54, 1.807) is 0 Å². The largest absolute Gasteiger partial charge is 0.249 e. The number of rotatable bonds is 1. The molecule has 0 saturated carbocycles. The van der Waals surface area contributed by atoms with Gasteiger partial charge in [0, 0.05) is 0 Å². The topological polar surface area (TPSA) is 23.8 Å². The van der Waals surface area contributed by atoms with Crippen LogP contribution in [0.3, 0.4) is 0 Å². The summed E-state index contributed by atoms with van der Waals surface area (Å²) in [6, 6.07) is 9.91. The van der Waals surface area contributed by atoms with Crippen molar-refractivity contribution in [1.29, 1.82) is 5.26 Å². The van der Waals surface area contributed by atoms with Crippen molar-refractivity contribution in [1.82, 2.24) is 0 Å². The molecule has 0 spiro atoms. The molecule has 1 aliphatic rings. The molecule has 0 N–H and O–H groups in total. The van der Waals surface area contributed by atoms with E-state index in [4.69, 9.17) is 5.26 Å². The summed E-state index contributed by atoms with van der Waals surface area (Å²) in [4.78, 5) is 0. The van der Waals surface area contributed by atoms with Crippen LogP contribution in [-0.4, -0.2) is 6.15 Å². The lowest BCUT2D eigenvalue weighted by molar-refractivity contribution is 1.55. The molecule has 13 heavy (non-hydrogen) atoms. The fourth-order valence-electron chi connectivity index (χ4n) is 1.70. The first-order valence-electron chi connectivity index (χ1n) is 4.38. The van der Waals surface area contributed by atoms with Gasteiger partial charge < -0.3 is 0 Å². The second-order valence-electron chi connectivity index (χ2n) is 3.31. The highest BCUT2D eigenvalue weighted by molar-refractivity contribution is 7.06. The van der Waals surface area contributed by atoms with Crippen LogP contribution in [0.1, 0.15) is 0 Å². The van der Waals surface area contributed by atoms with Gasteiger partial charge in [-0.2, -0.15) is 5.46 Å².